The van der Waals surface area contributed by atoms with Crippen LogP contribution < -0.4 is 0 Å². The molecule has 0 N–H and O–H groups in total. The summed E-state index contributed by atoms with van der Waals surface area (Å²) < 4.78 is 2.26. The van der Waals surface area contributed by atoms with Gasteiger partial charge in [0.15, 0.2) is 0 Å². The Labute approximate surface area is 191 Å². The molecule has 0 saturated carbocycles. The minimum Gasteiger partial charge on any atom is -0.235 e. The summed E-state index contributed by atoms with van der Waals surface area (Å²) in [6.45, 7) is 16.1. The molecule has 1 aromatic heterocycles. The summed E-state index contributed by atoms with van der Waals surface area (Å²) >= 11 is 0. The highest BCUT2D eigenvalue weighted by molar-refractivity contribution is 5.85. The second-order valence-corrected chi connectivity index (χ2v) is 10.4. The summed E-state index contributed by atoms with van der Waals surface area (Å²) in [5.74, 6) is 0. The van der Waals surface area contributed by atoms with E-state index in [1.165, 1.54) is 50.3 Å². The van der Waals surface area contributed by atoms with Crippen LogP contribution in [0, 0.1) is 20.8 Å². The molecule has 0 aliphatic carbocycles. The lowest BCUT2D eigenvalue weighted by atomic mass is 9.59. The van der Waals surface area contributed by atoms with Crippen molar-refractivity contribution in [3.05, 3.63) is 94.7 Å². The summed E-state index contributed by atoms with van der Waals surface area (Å²) in [5.41, 5.74) is 12.3. The van der Waals surface area contributed by atoms with Crippen LogP contribution in [-0.2, 0) is 10.8 Å². The maximum absolute atomic E-state index is 5.36. The summed E-state index contributed by atoms with van der Waals surface area (Å²) in [4.78, 5) is 0. The fourth-order valence-electron chi connectivity index (χ4n) is 5.43. The van der Waals surface area contributed by atoms with E-state index in [4.69, 9.17) is 5.10 Å². The van der Waals surface area contributed by atoms with E-state index < -0.39 is 0 Å². The number of aryl methyl sites for hydroxylation is 3. The molecule has 32 heavy (non-hydrogen) atoms. The van der Waals surface area contributed by atoms with Gasteiger partial charge in [-0.15, -0.1) is 0 Å². The first-order valence-corrected chi connectivity index (χ1v) is 11.5. The molecule has 0 fully saturated rings. The van der Waals surface area contributed by atoms with Crippen molar-refractivity contribution in [2.45, 2.75) is 59.3 Å². The Morgan fingerprint density at radius 1 is 0.688 bits per heavy atom. The molecule has 3 aromatic carbocycles. The van der Waals surface area contributed by atoms with Gasteiger partial charge >= 0.3 is 0 Å². The van der Waals surface area contributed by atoms with Gasteiger partial charge in [-0.1, -0.05) is 93.4 Å². The van der Waals surface area contributed by atoms with Gasteiger partial charge in [0, 0.05) is 22.0 Å². The van der Waals surface area contributed by atoms with Crippen molar-refractivity contribution in [2.75, 3.05) is 0 Å². The number of benzene rings is 3. The number of nitrogens with zero attached hydrogens (tertiary/aromatic N) is 2. The minimum absolute atomic E-state index is 0.0479. The van der Waals surface area contributed by atoms with E-state index in [1.807, 2.05) is 0 Å². The van der Waals surface area contributed by atoms with Crippen LogP contribution in [0.4, 0.5) is 0 Å². The van der Waals surface area contributed by atoms with Crippen molar-refractivity contribution in [1.82, 2.24) is 9.78 Å². The first kappa shape index (κ1) is 20.8. The third-order valence-electron chi connectivity index (χ3n) is 7.72. The van der Waals surface area contributed by atoms with Gasteiger partial charge in [-0.25, -0.2) is 4.68 Å². The summed E-state index contributed by atoms with van der Waals surface area (Å²) in [6, 6.07) is 24.2. The molecule has 0 spiro atoms. The van der Waals surface area contributed by atoms with Crippen molar-refractivity contribution in [1.29, 1.82) is 0 Å². The smallest absolute Gasteiger partial charge is 0.101 e. The quantitative estimate of drug-likeness (QED) is 0.325. The molecule has 0 atom stereocenters. The predicted molar refractivity (Wildman–Crippen MR) is 135 cm³/mol. The maximum Gasteiger partial charge on any atom is 0.101 e. The van der Waals surface area contributed by atoms with E-state index in [0.29, 0.717) is 0 Å². The highest BCUT2D eigenvalue weighted by Crippen LogP contribution is 2.54. The van der Waals surface area contributed by atoms with Crippen LogP contribution in [0.3, 0.4) is 0 Å². The molecular weight excluding hydrogens is 388 g/mol. The Kier molecular flexibility index (Phi) is 4.50. The van der Waals surface area contributed by atoms with Gasteiger partial charge < -0.3 is 0 Å². The molecule has 162 valence electrons. The number of rotatable bonds is 2. The molecule has 0 saturated heterocycles. The number of para-hydroxylation sites is 1. The second kappa shape index (κ2) is 6.93. The zero-order chi connectivity index (χ0) is 22.8. The molecule has 1 aliphatic heterocycles. The minimum atomic E-state index is -0.122. The third kappa shape index (κ3) is 2.82. The molecule has 5 rings (SSSR count). The topological polar surface area (TPSA) is 17.8 Å². The second-order valence-electron chi connectivity index (χ2n) is 10.4. The molecule has 1 aliphatic rings. The molecule has 0 amide bonds. The lowest BCUT2D eigenvalue weighted by Crippen LogP contribution is -2.46. The summed E-state index contributed by atoms with van der Waals surface area (Å²) in [5, 5.41) is 5.36. The van der Waals surface area contributed by atoms with Gasteiger partial charge in [0.25, 0.3) is 0 Å². The zero-order valence-corrected chi connectivity index (χ0v) is 20.2. The van der Waals surface area contributed by atoms with E-state index in [2.05, 4.69) is 120 Å². The Hall–Kier alpha value is -3.13. The van der Waals surface area contributed by atoms with Gasteiger partial charge in [0.05, 0.1) is 11.4 Å². The van der Waals surface area contributed by atoms with Gasteiger partial charge in [0.2, 0.25) is 0 Å². The van der Waals surface area contributed by atoms with Crippen LogP contribution in [0.1, 0.15) is 55.6 Å². The monoisotopic (exact) mass is 420 g/mol. The molecule has 0 bridgehead atoms. The average Bonchev–Trinajstić information content (AvgIpc) is 3.14. The Bertz CT molecular complexity index is 1320. The van der Waals surface area contributed by atoms with Crippen LogP contribution >= 0.6 is 0 Å². The van der Waals surface area contributed by atoms with Gasteiger partial charge in [-0.2, -0.15) is 5.10 Å². The highest BCUT2D eigenvalue weighted by atomic mass is 15.3. The van der Waals surface area contributed by atoms with Crippen LogP contribution in [0.15, 0.2) is 66.7 Å². The number of hydrogen-bond acceptors (Lipinski definition) is 1. The maximum atomic E-state index is 5.36. The first-order chi connectivity index (χ1) is 15.1. The Balaban J connectivity index is 1.96. The zero-order valence-electron chi connectivity index (χ0n) is 20.2. The van der Waals surface area contributed by atoms with E-state index >= 15 is 0 Å². The average molecular weight is 421 g/mol. The molecule has 2 nitrogen and oxygen atoms in total. The van der Waals surface area contributed by atoms with E-state index in [9.17, 15) is 0 Å². The summed E-state index contributed by atoms with van der Waals surface area (Å²) in [7, 11) is 0. The van der Waals surface area contributed by atoms with Crippen molar-refractivity contribution in [3.8, 4) is 28.1 Å². The Morgan fingerprint density at radius 3 is 2.00 bits per heavy atom. The highest BCUT2D eigenvalue weighted by Gasteiger charge is 2.49. The number of hydrogen-bond donors (Lipinski definition) is 0. The molecule has 2 heteroatoms. The standard InChI is InChI=1S/C30H32N2/c1-19-16-20(2)18-23(17-19)26-25(22-13-9-8-10-14-22)28-30(6,7)29(4,5)24-15-11-12-21(3)27(24)32(28)31-26/h8-18H,1-7H3. The lowest BCUT2D eigenvalue weighted by molar-refractivity contribution is 0.276. The van der Waals surface area contributed by atoms with Gasteiger partial charge in [0.1, 0.15) is 5.69 Å². The fraction of sp³-hybridized carbons (Fsp3) is 0.300. The molecular formula is C30H32N2. The van der Waals surface area contributed by atoms with E-state index in [0.717, 1.165) is 5.69 Å². The van der Waals surface area contributed by atoms with Gasteiger partial charge in [-0.3, -0.25) is 0 Å². The van der Waals surface area contributed by atoms with Crippen LogP contribution in [0.25, 0.3) is 28.1 Å². The molecule has 2 heterocycles. The van der Waals surface area contributed by atoms with Crippen molar-refractivity contribution >= 4 is 0 Å². The SMILES string of the molecule is Cc1cc(C)cc(-c2nn3c(c2-c2ccccc2)C(C)(C)C(C)(C)c2cccc(C)c2-3)c1. The number of aromatic nitrogens is 2. The van der Waals surface area contributed by atoms with Crippen molar-refractivity contribution in [2.24, 2.45) is 0 Å². The normalized spacial score (nSPS) is 15.8. The van der Waals surface area contributed by atoms with Crippen molar-refractivity contribution in [3.63, 3.8) is 0 Å². The lowest BCUT2D eigenvalue weighted by Gasteiger charge is -2.47. The summed E-state index contributed by atoms with van der Waals surface area (Å²) in [6.07, 6.45) is 0. The molecule has 0 radical (unpaired) electrons. The van der Waals surface area contributed by atoms with E-state index in [-0.39, 0.29) is 10.8 Å². The largest absolute Gasteiger partial charge is 0.235 e. The predicted octanol–water partition coefficient (Wildman–Crippen LogP) is 7.70. The van der Waals surface area contributed by atoms with Gasteiger partial charge in [-0.05, 0) is 49.6 Å². The third-order valence-corrected chi connectivity index (χ3v) is 7.72. The fourth-order valence-corrected chi connectivity index (χ4v) is 5.43. The van der Waals surface area contributed by atoms with E-state index in [1.54, 1.807) is 0 Å². The molecule has 0 unspecified atom stereocenters. The first-order valence-electron chi connectivity index (χ1n) is 11.5. The molecule has 4 aromatic rings. The Morgan fingerprint density at radius 2 is 1.34 bits per heavy atom. The van der Waals surface area contributed by atoms with Crippen LogP contribution in [-0.4, -0.2) is 9.78 Å². The van der Waals surface area contributed by atoms with Crippen LogP contribution in [0.2, 0.25) is 0 Å². The number of fused-ring (bicyclic) bond motifs is 3. The van der Waals surface area contributed by atoms with Crippen molar-refractivity contribution < 1.29 is 0 Å². The van der Waals surface area contributed by atoms with Crippen LogP contribution in [0.5, 0.6) is 0 Å².